The molecule has 1 N–H and O–H groups in total. The van der Waals surface area contributed by atoms with Crippen molar-refractivity contribution in [3.8, 4) is 10.9 Å². The molecule has 1 heterocycles. The molecule has 0 unspecified atom stereocenters. The highest BCUT2D eigenvalue weighted by atomic mass is 32.1. The van der Waals surface area contributed by atoms with E-state index >= 15 is 0 Å². The van der Waals surface area contributed by atoms with Gasteiger partial charge in [0.25, 0.3) is 5.19 Å². The summed E-state index contributed by atoms with van der Waals surface area (Å²) >= 11 is 1.13. The minimum Gasteiger partial charge on any atom is -0.503 e. The number of aromatic nitrogens is 2. The summed E-state index contributed by atoms with van der Waals surface area (Å²) in [6.45, 7) is 3.98. The molecule has 0 saturated carbocycles. The first-order valence-corrected chi connectivity index (χ1v) is 7.37. The fraction of sp³-hybridized carbons (Fsp3) is 0.267. The van der Waals surface area contributed by atoms with Crippen LogP contribution in [0.15, 0.2) is 30.5 Å². The average molecular weight is 320 g/mol. The molecule has 0 aliphatic carbocycles. The predicted molar refractivity (Wildman–Crippen MR) is 83.1 cm³/mol. The van der Waals surface area contributed by atoms with Crippen molar-refractivity contribution < 1.29 is 19.4 Å². The number of para-hydroxylation sites is 1. The highest BCUT2D eigenvalue weighted by Crippen LogP contribution is 2.32. The quantitative estimate of drug-likeness (QED) is 0.648. The molecule has 7 heteroatoms. The smallest absolute Gasteiger partial charge is 0.339 e. The number of benzene rings is 1. The summed E-state index contributed by atoms with van der Waals surface area (Å²) in [5.74, 6) is 0.188. The average Bonchev–Trinajstić information content (AvgIpc) is 2.94. The van der Waals surface area contributed by atoms with E-state index in [0.29, 0.717) is 22.3 Å². The van der Waals surface area contributed by atoms with E-state index in [-0.39, 0.29) is 11.5 Å². The molecule has 2 rings (SSSR count). The number of carboxylic acid groups (broad SMARTS) is 1. The van der Waals surface area contributed by atoms with Crippen LogP contribution in [0.5, 0.6) is 10.9 Å². The Morgan fingerprint density at radius 1 is 1.36 bits per heavy atom. The summed E-state index contributed by atoms with van der Waals surface area (Å²) in [5.41, 5.74) is 0.421. The van der Waals surface area contributed by atoms with Crippen LogP contribution in [0.3, 0.4) is 0 Å². The van der Waals surface area contributed by atoms with E-state index in [2.05, 4.69) is 9.36 Å². The van der Waals surface area contributed by atoms with Gasteiger partial charge in [-0.25, -0.2) is 4.79 Å². The second kappa shape index (κ2) is 7.04. The predicted octanol–water partition coefficient (Wildman–Crippen LogP) is 3.53. The SMILES string of the molecule is COC=C(C(=O)O)c1ccccc1Oc1nc(C(C)C)ns1. The zero-order valence-electron chi connectivity index (χ0n) is 12.4. The van der Waals surface area contributed by atoms with Gasteiger partial charge in [0, 0.05) is 23.0 Å². The monoisotopic (exact) mass is 320 g/mol. The molecule has 1 aromatic heterocycles. The van der Waals surface area contributed by atoms with Crippen LogP contribution in [0.25, 0.3) is 5.57 Å². The Morgan fingerprint density at radius 3 is 2.68 bits per heavy atom. The first-order valence-electron chi connectivity index (χ1n) is 6.60. The van der Waals surface area contributed by atoms with Crippen molar-refractivity contribution >= 4 is 23.1 Å². The Bertz CT molecular complexity index is 694. The van der Waals surface area contributed by atoms with Crippen molar-refractivity contribution in [2.45, 2.75) is 19.8 Å². The van der Waals surface area contributed by atoms with Gasteiger partial charge in [-0.15, -0.1) is 0 Å². The van der Waals surface area contributed by atoms with Crippen LogP contribution < -0.4 is 4.74 Å². The van der Waals surface area contributed by atoms with E-state index in [1.54, 1.807) is 24.3 Å². The molecule has 0 atom stereocenters. The van der Waals surface area contributed by atoms with Gasteiger partial charge in [-0.05, 0) is 6.07 Å². The van der Waals surface area contributed by atoms with Crippen LogP contribution in [-0.4, -0.2) is 27.5 Å². The molecule has 2 aromatic rings. The number of nitrogens with zero attached hydrogens (tertiary/aromatic N) is 2. The molecule has 0 aliphatic rings. The van der Waals surface area contributed by atoms with Crippen LogP contribution in [0.1, 0.15) is 31.2 Å². The number of methoxy groups -OCH3 is 1. The van der Waals surface area contributed by atoms with Gasteiger partial charge in [0.1, 0.15) is 17.1 Å². The van der Waals surface area contributed by atoms with Crippen molar-refractivity contribution in [3.63, 3.8) is 0 Å². The van der Waals surface area contributed by atoms with Gasteiger partial charge in [-0.1, -0.05) is 32.0 Å². The topological polar surface area (TPSA) is 81.5 Å². The number of rotatable bonds is 6. The molecule has 0 radical (unpaired) electrons. The maximum atomic E-state index is 11.4. The highest BCUT2D eigenvalue weighted by molar-refractivity contribution is 7.07. The Morgan fingerprint density at radius 2 is 2.09 bits per heavy atom. The van der Waals surface area contributed by atoms with Gasteiger partial charge in [0.2, 0.25) is 0 Å². The van der Waals surface area contributed by atoms with Crippen LogP contribution in [0.2, 0.25) is 0 Å². The van der Waals surface area contributed by atoms with Gasteiger partial charge in [-0.3, -0.25) is 0 Å². The molecule has 0 amide bonds. The van der Waals surface area contributed by atoms with E-state index in [0.717, 1.165) is 11.5 Å². The molecule has 0 bridgehead atoms. The number of hydrogen-bond donors (Lipinski definition) is 1. The number of aliphatic carboxylic acids is 1. The molecule has 1 aromatic carbocycles. The van der Waals surface area contributed by atoms with Crippen molar-refractivity contribution in [1.82, 2.24) is 9.36 Å². The summed E-state index contributed by atoms with van der Waals surface area (Å²) in [7, 11) is 1.39. The zero-order chi connectivity index (χ0) is 16.1. The minimum absolute atomic E-state index is 0.00620. The molecule has 0 fully saturated rings. The van der Waals surface area contributed by atoms with Gasteiger partial charge in [-0.2, -0.15) is 9.36 Å². The second-order valence-electron chi connectivity index (χ2n) is 4.74. The third-order valence-corrected chi connectivity index (χ3v) is 3.39. The lowest BCUT2D eigenvalue weighted by Crippen LogP contribution is -2.02. The largest absolute Gasteiger partial charge is 0.503 e. The Kier molecular flexibility index (Phi) is 5.11. The highest BCUT2D eigenvalue weighted by Gasteiger charge is 2.18. The van der Waals surface area contributed by atoms with Crippen molar-refractivity contribution in [2.75, 3.05) is 7.11 Å². The maximum Gasteiger partial charge on any atom is 0.339 e. The lowest BCUT2D eigenvalue weighted by Gasteiger charge is -2.09. The van der Waals surface area contributed by atoms with Crippen molar-refractivity contribution in [3.05, 3.63) is 41.9 Å². The van der Waals surface area contributed by atoms with Crippen LogP contribution in [0, 0.1) is 0 Å². The lowest BCUT2D eigenvalue weighted by molar-refractivity contribution is -0.130. The molecular weight excluding hydrogens is 304 g/mol. The van der Waals surface area contributed by atoms with Gasteiger partial charge in [0.15, 0.2) is 0 Å². The fourth-order valence-corrected chi connectivity index (χ4v) is 2.40. The molecule has 6 nitrogen and oxygen atoms in total. The van der Waals surface area contributed by atoms with E-state index in [4.69, 9.17) is 9.47 Å². The normalized spacial score (nSPS) is 11.5. The van der Waals surface area contributed by atoms with Crippen molar-refractivity contribution in [1.29, 1.82) is 0 Å². The molecule has 0 aliphatic heterocycles. The Hall–Kier alpha value is -2.41. The van der Waals surface area contributed by atoms with Crippen molar-refractivity contribution in [2.24, 2.45) is 0 Å². The molecular formula is C15H16N2O4S. The van der Waals surface area contributed by atoms with E-state index in [1.165, 1.54) is 13.4 Å². The van der Waals surface area contributed by atoms with E-state index in [1.807, 2.05) is 13.8 Å². The first kappa shape index (κ1) is 16.0. The minimum atomic E-state index is -1.10. The summed E-state index contributed by atoms with van der Waals surface area (Å²) in [4.78, 5) is 15.6. The summed E-state index contributed by atoms with van der Waals surface area (Å²) in [6.07, 6.45) is 1.17. The Balaban J connectivity index is 2.35. The third kappa shape index (κ3) is 3.62. The van der Waals surface area contributed by atoms with Crippen LogP contribution >= 0.6 is 11.5 Å². The first-order chi connectivity index (χ1) is 10.5. The number of hydrogen-bond acceptors (Lipinski definition) is 6. The molecule has 0 spiro atoms. The van der Waals surface area contributed by atoms with E-state index < -0.39 is 5.97 Å². The fourth-order valence-electron chi connectivity index (χ4n) is 1.72. The second-order valence-corrected chi connectivity index (χ2v) is 5.46. The molecule has 116 valence electrons. The third-order valence-electron chi connectivity index (χ3n) is 2.78. The standard InChI is InChI=1S/C15H16N2O4S/c1-9(2)13-16-15(22-17-13)21-12-7-5-4-6-10(12)11(8-20-3)14(18)19/h4-9H,1-3H3,(H,18,19). The number of ether oxygens (including phenoxy) is 2. The number of carbonyl (C=O) groups is 1. The van der Waals surface area contributed by atoms with Gasteiger partial charge < -0.3 is 14.6 Å². The summed E-state index contributed by atoms with van der Waals surface area (Å²) in [6, 6.07) is 6.82. The molecule has 22 heavy (non-hydrogen) atoms. The van der Waals surface area contributed by atoms with E-state index in [9.17, 15) is 9.90 Å². The van der Waals surface area contributed by atoms with Gasteiger partial charge in [0.05, 0.1) is 13.4 Å². The number of carboxylic acids is 1. The zero-order valence-corrected chi connectivity index (χ0v) is 13.3. The molecule has 0 saturated heterocycles. The van der Waals surface area contributed by atoms with Crippen LogP contribution in [-0.2, 0) is 9.53 Å². The Labute approximate surface area is 132 Å². The summed E-state index contributed by atoms with van der Waals surface area (Å²) in [5, 5.41) is 9.67. The van der Waals surface area contributed by atoms with Gasteiger partial charge >= 0.3 is 5.97 Å². The summed E-state index contributed by atoms with van der Waals surface area (Å²) < 4.78 is 14.7. The lowest BCUT2D eigenvalue weighted by atomic mass is 10.1. The van der Waals surface area contributed by atoms with Crippen LogP contribution in [0.4, 0.5) is 0 Å². The maximum absolute atomic E-state index is 11.4.